The van der Waals surface area contributed by atoms with Crippen LogP contribution in [0.25, 0.3) is 0 Å². The van der Waals surface area contributed by atoms with Crippen molar-refractivity contribution in [1.29, 1.82) is 0 Å². The lowest BCUT2D eigenvalue weighted by atomic mass is 10.2. The van der Waals surface area contributed by atoms with Crippen molar-refractivity contribution in [3.63, 3.8) is 0 Å². The van der Waals surface area contributed by atoms with Crippen molar-refractivity contribution in [3.8, 4) is 0 Å². The highest BCUT2D eigenvalue weighted by Crippen LogP contribution is 2.17. The normalized spacial score (nSPS) is 10.0. The smallest absolute Gasteiger partial charge is 0.312 e. The molecule has 1 aromatic rings. The summed E-state index contributed by atoms with van der Waals surface area (Å²) in [5.74, 6) is -0.823. The lowest BCUT2D eigenvalue weighted by molar-refractivity contribution is -0.116. The number of nitrogens with one attached hydrogen (secondary N) is 2. The van der Waals surface area contributed by atoms with Gasteiger partial charge in [-0.3, -0.25) is 9.78 Å². The predicted molar refractivity (Wildman–Crippen MR) is 68.8 cm³/mol. The van der Waals surface area contributed by atoms with Crippen LogP contribution in [-0.4, -0.2) is 16.9 Å². The van der Waals surface area contributed by atoms with Gasteiger partial charge in [0.05, 0.1) is 18.1 Å². The molecule has 0 bridgehead atoms. The van der Waals surface area contributed by atoms with Crippen LogP contribution in [0.1, 0.15) is 31.7 Å². The molecule has 0 spiro atoms. The summed E-state index contributed by atoms with van der Waals surface area (Å²) < 4.78 is 13.6. The van der Waals surface area contributed by atoms with Gasteiger partial charge < -0.3 is 16.4 Å². The average molecular weight is 268 g/mol. The molecular formula is C12H17FN4O2. The number of hydrogen-bond acceptors (Lipinski definition) is 3. The third kappa shape index (κ3) is 4.90. The van der Waals surface area contributed by atoms with Gasteiger partial charge in [-0.05, 0) is 6.42 Å². The Morgan fingerprint density at radius 1 is 1.42 bits per heavy atom. The van der Waals surface area contributed by atoms with Crippen molar-refractivity contribution < 1.29 is 14.0 Å². The molecule has 0 unspecified atom stereocenters. The topological polar surface area (TPSA) is 97.1 Å². The molecule has 0 aliphatic carbocycles. The number of halogens is 1. The summed E-state index contributed by atoms with van der Waals surface area (Å²) in [7, 11) is 0. The molecule has 0 fully saturated rings. The lowest BCUT2D eigenvalue weighted by Crippen LogP contribution is -2.29. The van der Waals surface area contributed by atoms with E-state index in [0.29, 0.717) is 6.42 Å². The van der Waals surface area contributed by atoms with Crippen molar-refractivity contribution >= 4 is 17.6 Å². The number of anilines is 1. The van der Waals surface area contributed by atoms with E-state index < -0.39 is 11.8 Å². The highest BCUT2D eigenvalue weighted by Gasteiger charge is 2.12. The van der Waals surface area contributed by atoms with Crippen molar-refractivity contribution in [3.05, 3.63) is 23.8 Å². The first-order valence-electron chi connectivity index (χ1n) is 6.00. The van der Waals surface area contributed by atoms with Gasteiger partial charge in [0.2, 0.25) is 5.91 Å². The van der Waals surface area contributed by atoms with Crippen molar-refractivity contribution in [2.75, 3.05) is 5.32 Å². The predicted octanol–water partition coefficient (Wildman–Crippen LogP) is 1.52. The highest BCUT2D eigenvalue weighted by atomic mass is 19.1. The standard InChI is InChI=1S/C12H17FN4O2/c1-2-3-4-11(18)17-10-7-15-6-9(13)8(10)5-16-12(14)19/h6-7H,2-5H2,1H3,(H,17,18)(H3,14,16,19). The first-order valence-corrected chi connectivity index (χ1v) is 6.00. The van der Waals surface area contributed by atoms with E-state index in [9.17, 15) is 14.0 Å². The molecule has 0 aliphatic heterocycles. The van der Waals surface area contributed by atoms with E-state index in [2.05, 4.69) is 15.6 Å². The number of hydrogen-bond donors (Lipinski definition) is 3. The molecule has 4 N–H and O–H groups in total. The largest absolute Gasteiger partial charge is 0.352 e. The molecule has 0 aliphatic rings. The Labute approximate surface area is 110 Å². The third-order valence-corrected chi connectivity index (χ3v) is 2.48. The first-order chi connectivity index (χ1) is 9.04. The zero-order chi connectivity index (χ0) is 14.3. The number of rotatable bonds is 6. The molecule has 7 heteroatoms. The van der Waals surface area contributed by atoms with Crippen LogP contribution in [0.2, 0.25) is 0 Å². The van der Waals surface area contributed by atoms with E-state index in [1.807, 2.05) is 6.92 Å². The van der Waals surface area contributed by atoms with E-state index in [-0.39, 0.29) is 23.7 Å². The number of pyridine rings is 1. The number of primary amides is 1. The van der Waals surface area contributed by atoms with E-state index in [1.54, 1.807) is 0 Å². The molecule has 19 heavy (non-hydrogen) atoms. The monoisotopic (exact) mass is 268 g/mol. The number of carbonyl (C=O) groups excluding carboxylic acids is 2. The van der Waals surface area contributed by atoms with Crippen LogP contribution in [0.5, 0.6) is 0 Å². The molecule has 1 rings (SSSR count). The van der Waals surface area contributed by atoms with Gasteiger partial charge in [-0.2, -0.15) is 0 Å². The molecule has 1 aromatic heterocycles. The maximum Gasteiger partial charge on any atom is 0.312 e. The maximum absolute atomic E-state index is 13.6. The maximum atomic E-state index is 13.6. The Balaban J connectivity index is 2.78. The number of nitrogens with zero attached hydrogens (tertiary/aromatic N) is 1. The zero-order valence-corrected chi connectivity index (χ0v) is 10.7. The molecule has 1 heterocycles. The van der Waals surface area contributed by atoms with Crippen molar-refractivity contribution in [2.24, 2.45) is 5.73 Å². The van der Waals surface area contributed by atoms with Crippen LogP contribution in [-0.2, 0) is 11.3 Å². The number of amides is 3. The van der Waals surface area contributed by atoms with E-state index in [0.717, 1.165) is 19.0 Å². The average Bonchev–Trinajstić information content (AvgIpc) is 2.35. The molecule has 0 saturated heterocycles. The molecule has 0 radical (unpaired) electrons. The van der Waals surface area contributed by atoms with Gasteiger partial charge in [0.25, 0.3) is 0 Å². The molecule has 3 amide bonds. The molecule has 0 aromatic carbocycles. The summed E-state index contributed by atoms with van der Waals surface area (Å²) in [5.41, 5.74) is 5.33. The Morgan fingerprint density at radius 3 is 2.79 bits per heavy atom. The van der Waals surface area contributed by atoms with Crippen molar-refractivity contribution in [1.82, 2.24) is 10.3 Å². The van der Waals surface area contributed by atoms with Crippen LogP contribution in [0.4, 0.5) is 14.9 Å². The summed E-state index contributed by atoms with van der Waals surface area (Å²) in [6.07, 6.45) is 4.36. The van der Waals surface area contributed by atoms with Crippen LogP contribution in [0.3, 0.4) is 0 Å². The zero-order valence-electron chi connectivity index (χ0n) is 10.7. The minimum Gasteiger partial charge on any atom is -0.352 e. The fourth-order valence-corrected chi connectivity index (χ4v) is 1.47. The summed E-state index contributed by atoms with van der Waals surface area (Å²) in [5, 5.41) is 4.86. The lowest BCUT2D eigenvalue weighted by Gasteiger charge is -2.11. The number of unbranched alkanes of at least 4 members (excludes halogenated alkanes) is 1. The summed E-state index contributed by atoms with van der Waals surface area (Å²) in [4.78, 5) is 25.9. The summed E-state index contributed by atoms with van der Waals surface area (Å²) in [6.45, 7) is 1.87. The van der Waals surface area contributed by atoms with Gasteiger partial charge >= 0.3 is 6.03 Å². The quantitative estimate of drug-likeness (QED) is 0.729. The Morgan fingerprint density at radius 2 is 2.16 bits per heavy atom. The van der Waals surface area contributed by atoms with Gasteiger partial charge in [0.15, 0.2) is 0 Å². The molecular weight excluding hydrogens is 251 g/mol. The number of carbonyl (C=O) groups is 2. The highest BCUT2D eigenvalue weighted by molar-refractivity contribution is 5.91. The Hall–Kier alpha value is -2.18. The van der Waals surface area contributed by atoms with Crippen LogP contribution in [0.15, 0.2) is 12.4 Å². The first kappa shape index (κ1) is 14.9. The third-order valence-electron chi connectivity index (χ3n) is 2.48. The number of aromatic nitrogens is 1. The summed E-state index contributed by atoms with van der Waals surface area (Å²) in [6, 6.07) is -0.764. The molecule has 104 valence electrons. The van der Waals surface area contributed by atoms with Crippen molar-refractivity contribution in [2.45, 2.75) is 32.7 Å². The second kappa shape index (κ2) is 7.30. The fourth-order valence-electron chi connectivity index (χ4n) is 1.47. The van der Waals surface area contributed by atoms with Crippen LogP contribution in [0, 0.1) is 5.82 Å². The van der Waals surface area contributed by atoms with Gasteiger partial charge in [0, 0.05) is 18.5 Å². The molecule has 0 atom stereocenters. The SMILES string of the molecule is CCCCC(=O)Nc1cncc(F)c1CNC(N)=O. The van der Waals surface area contributed by atoms with Crippen LogP contribution >= 0.6 is 0 Å². The summed E-state index contributed by atoms with van der Waals surface area (Å²) >= 11 is 0. The van der Waals surface area contributed by atoms with Gasteiger partial charge in [0.1, 0.15) is 5.82 Å². The Bertz CT molecular complexity index is 465. The minimum atomic E-state index is -0.764. The molecule has 6 nitrogen and oxygen atoms in total. The number of urea groups is 1. The Kier molecular flexibility index (Phi) is 5.72. The van der Waals surface area contributed by atoms with Gasteiger partial charge in [-0.15, -0.1) is 0 Å². The number of nitrogens with two attached hydrogens (primary N) is 1. The van der Waals surface area contributed by atoms with Gasteiger partial charge in [-0.1, -0.05) is 13.3 Å². The van der Waals surface area contributed by atoms with E-state index >= 15 is 0 Å². The van der Waals surface area contributed by atoms with E-state index in [1.165, 1.54) is 6.20 Å². The minimum absolute atomic E-state index is 0.104. The molecule has 0 saturated carbocycles. The van der Waals surface area contributed by atoms with Gasteiger partial charge in [-0.25, -0.2) is 9.18 Å². The van der Waals surface area contributed by atoms with E-state index in [4.69, 9.17) is 5.73 Å². The second-order valence-electron chi connectivity index (χ2n) is 4.02. The fraction of sp³-hybridized carbons (Fsp3) is 0.417. The second-order valence-corrected chi connectivity index (χ2v) is 4.02. The van der Waals surface area contributed by atoms with Crippen LogP contribution < -0.4 is 16.4 Å².